The minimum atomic E-state index is -0.0725. The topological polar surface area (TPSA) is 41.6 Å². The molecule has 0 aromatic rings. The quantitative estimate of drug-likeness (QED) is 0.757. The van der Waals surface area contributed by atoms with Crippen LogP contribution in [0.4, 0.5) is 0 Å². The monoisotopic (exact) mass is 256 g/mol. The van der Waals surface area contributed by atoms with Crippen molar-refractivity contribution in [2.24, 2.45) is 11.8 Å². The molecule has 0 bridgehead atoms. The first kappa shape index (κ1) is 15.4. The van der Waals surface area contributed by atoms with Crippen LogP contribution in [0, 0.1) is 11.8 Å². The van der Waals surface area contributed by atoms with E-state index in [0.29, 0.717) is 18.0 Å². The molecule has 4 nitrogen and oxygen atoms in total. The van der Waals surface area contributed by atoms with Crippen molar-refractivity contribution in [2.45, 2.75) is 46.2 Å². The molecular weight excluding hydrogens is 228 g/mol. The van der Waals surface area contributed by atoms with E-state index in [0.717, 1.165) is 26.1 Å². The molecule has 1 N–H and O–H groups in total. The molecular formula is C14H28N2O2. The molecule has 0 amide bonds. The molecule has 1 rings (SSSR count). The second-order valence-corrected chi connectivity index (χ2v) is 6.00. The third kappa shape index (κ3) is 4.58. The number of ether oxygens (including phenoxy) is 1. The standard InChI is InChI=1S/C14H28N2O2/c1-10(2)7-15-13-6-12(14(17)18-5)8-16(9-13)11(3)4/h10-13,15H,6-9H2,1-5H3. The molecule has 0 radical (unpaired) electrons. The highest BCUT2D eigenvalue weighted by molar-refractivity contribution is 5.72. The molecule has 0 aromatic carbocycles. The third-order valence-electron chi connectivity index (χ3n) is 3.56. The lowest BCUT2D eigenvalue weighted by atomic mass is 9.93. The summed E-state index contributed by atoms with van der Waals surface area (Å²) in [6.07, 6.45) is 0.891. The fourth-order valence-corrected chi connectivity index (χ4v) is 2.44. The summed E-state index contributed by atoms with van der Waals surface area (Å²) in [6, 6.07) is 0.869. The van der Waals surface area contributed by atoms with Gasteiger partial charge in [-0.15, -0.1) is 0 Å². The van der Waals surface area contributed by atoms with E-state index in [9.17, 15) is 4.79 Å². The number of rotatable bonds is 5. The number of nitrogens with one attached hydrogen (secondary N) is 1. The van der Waals surface area contributed by atoms with Crippen LogP contribution in [-0.4, -0.2) is 49.7 Å². The lowest BCUT2D eigenvalue weighted by Crippen LogP contribution is -2.53. The van der Waals surface area contributed by atoms with Crippen molar-refractivity contribution in [3.05, 3.63) is 0 Å². The maximum Gasteiger partial charge on any atom is 0.310 e. The Bertz CT molecular complexity index is 267. The van der Waals surface area contributed by atoms with E-state index in [2.05, 4.69) is 37.9 Å². The van der Waals surface area contributed by atoms with E-state index in [-0.39, 0.29) is 11.9 Å². The Morgan fingerprint density at radius 1 is 1.33 bits per heavy atom. The number of hydrogen-bond acceptors (Lipinski definition) is 4. The van der Waals surface area contributed by atoms with Crippen molar-refractivity contribution in [1.29, 1.82) is 0 Å². The van der Waals surface area contributed by atoms with Gasteiger partial charge in [0.2, 0.25) is 0 Å². The largest absolute Gasteiger partial charge is 0.469 e. The second kappa shape index (κ2) is 7.10. The summed E-state index contributed by atoms with van der Waals surface area (Å²) in [4.78, 5) is 14.1. The Hall–Kier alpha value is -0.610. The van der Waals surface area contributed by atoms with Gasteiger partial charge in [-0.1, -0.05) is 13.8 Å². The summed E-state index contributed by atoms with van der Waals surface area (Å²) in [5.74, 6) is 0.573. The zero-order valence-electron chi connectivity index (χ0n) is 12.4. The number of hydrogen-bond donors (Lipinski definition) is 1. The number of methoxy groups -OCH3 is 1. The number of carbonyl (C=O) groups is 1. The van der Waals surface area contributed by atoms with Gasteiger partial charge in [-0.05, 0) is 32.7 Å². The fourth-order valence-electron chi connectivity index (χ4n) is 2.44. The van der Waals surface area contributed by atoms with Crippen LogP contribution in [0.2, 0.25) is 0 Å². The maximum atomic E-state index is 11.7. The average Bonchev–Trinajstić information content (AvgIpc) is 2.34. The Morgan fingerprint density at radius 3 is 2.50 bits per heavy atom. The molecule has 2 atom stereocenters. The maximum absolute atomic E-state index is 11.7. The second-order valence-electron chi connectivity index (χ2n) is 6.00. The number of carbonyl (C=O) groups excluding carboxylic acids is 1. The highest BCUT2D eigenvalue weighted by Gasteiger charge is 2.32. The van der Waals surface area contributed by atoms with Crippen molar-refractivity contribution >= 4 is 5.97 Å². The van der Waals surface area contributed by atoms with Gasteiger partial charge in [0, 0.05) is 25.2 Å². The lowest BCUT2D eigenvalue weighted by molar-refractivity contribution is -0.148. The number of esters is 1. The first-order valence-corrected chi connectivity index (χ1v) is 6.99. The number of likely N-dealkylation sites (tertiary alicyclic amines) is 1. The highest BCUT2D eigenvalue weighted by Crippen LogP contribution is 2.20. The van der Waals surface area contributed by atoms with Crippen LogP contribution in [0.5, 0.6) is 0 Å². The van der Waals surface area contributed by atoms with Crippen molar-refractivity contribution in [3.8, 4) is 0 Å². The van der Waals surface area contributed by atoms with E-state index in [1.807, 2.05) is 0 Å². The molecule has 0 spiro atoms. The summed E-state index contributed by atoms with van der Waals surface area (Å²) in [7, 11) is 1.48. The summed E-state index contributed by atoms with van der Waals surface area (Å²) < 4.78 is 4.90. The average molecular weight is 256 g/mol. The van der Waals surface area contributed by atoms with E-state index < -0.39 is 0 Å². The van der Waals surface area contributed by atoms with Crippen LogP contribution in [0.1, 0.15) is 34.1 Å². The minimum absolute atomic E-state index is 0.0100. The molecule has 1 aliphatic heterocycles. The van der Waals surface area contributed by atoms with Gasteiger partial charge in [-0.2, -0.15) is 0 Å². The van der Waals surface area contributed by atoms with Gasteiger partial charge in [0.15, 0.2) is 0 Å². The van der Waals surface area contributed by atoms with E-state index in [4.69, 9.17) is 4.74 Å². The molecule has 0 aliphatic carbocycles. The predicted octanol–water partition coefficient (Wildman–Crippen LogP) is 1.50. The van der Waals surface area contributed by atoms with Gasteiger partial charge in [0.25, 0.3) is 0 Å². The van der Waals surface area contributed by atoms with Crippen LogP contribution in [0.3, 0.4) is 0 Å². The van der Waals surface area contributed by atoms with Crippen molar-refractivity contribution < 1.29 is 9.53 Å². The smallest absolute Gasteiger partial charge is 0.310 e. The zero-order valence-corrected chi connectivity index (χ0v) is 12.4. The van der Waals surface area contributed by atoms with Gasteiger partial charge in [0.1, 0.15) is 0 Å². The van der Waals surface area contributed by atoms with Crippen LogP contribution in [0.25, 0.3) is 0 Å². The first-order chi connectivity index (χ1) is 8.43. The normalized spacial score (nSPS) is 25.7. The number of nitrogens with zero attached hydrogens (tertiary/aromatic N) is 1. The Morgan fingerprint density at radius 2 is 2.00 bits per heavy atom. The van der Waals surface area contributed by atoms with Crippen molar-refractivity contribution in [3.63, 3.8) is 0 Å². The summed E-state index contributed by atoms with van der Waals surface area (Å²) >= 11 is 0. The van der Waals surface area contributed by atoms with Gasteiger partial charge in [-0.25, -0.2) is 0 Å². The van der Waals surface area contributed by atoms with Gasteiger partial charge in [0.05, 0.1) is 13.0 Å². The summed E-state index contributed by atoms with van der Waals surface area (Å²) in [6.45, 7) is 11.6. The molecule has 1 heterocycles. The van der Waals surface area contributed by atoms with Crippen molar-refractivity contribution in [2.75, 3.05) is 26.7 Å². The van der Waals surface area contributed by atoms with Crippen LogP contribution in [0.15, 0.2) is 0 Å². The molecule has 2 unspecified atom stereocenters. The van der Waals surface area contributed by atoms with Gasteiger partial charge >= 0.3 is 5.97 Å². The Balaban J connectivity index is 2.59. The molecule has 4 heteroatoms. The fraction of sp³-hybridized carbons (Fsp3) is 0.929. The molecule has 1 saturated heterocycles. The highest BCUT2D eigenvalue weighted by atomic mass is 16.5. The Labute approximate surface area is 111 Å². The molecule has 1 fully saturated rings. The molecule has 18 heavy (non-hydrogen) atoms. The lowest BCUT2D eigenvalue weighted by Gasteiger charge is -2.39. The molecule has 0 aromatic heterocycles. The first-order valence-electron chi connectivity index (χ1n) is 6.99. The summed E-state index contributed by atoms with van der Waals surface area (Å²) in [5, 5.41) is 3.57. The minimum Gasteiger partial charge on any atom is -0.469 e. The Kier molecular flexibility index (Phi) is 6.09. The molecule has 1 aliphatic rings. The SMILES string of the molecule is COC(=O)C1CC(NCC(C)C)CN(C(C)C)C1. The van der Waals surface area contributed by atoms with Gasteiger partial charge in [-0.3, -0.25) is 9.69 Å². The molecule has 0 saturated carbocycles. The predicted molar refractivity (Wildman–Crippen MR) is 73.5 cm³/mol. The van der Waals surface area contributed by atoms with E-state index in [1.165, 1.54) is 7.11 Å². The van der Waals surface area contributed by atoms with Crippen LogP contribution in [-0.2, 0) is 9.53 Å². The summed E-state index contributed by atoms with van der Waals surface area (Å²) in [5.41, 5.74) is 0. The van der Waals surface area contributed by atoms with Crippen molar-refractivity contribution in [1.82, 2.24) is 10.2 Å². The van der Waals surface area contributed by atoms with E-state index >= 15 is 0 Å². The zero-order chi connectivity index (χ0) is 13.7. The molecule has 106 valence electrons. The van der Waals surface area contributed by atoms with Crippen LogP contribution < -0.4 is 5.32 Å². The number of piperidine rings is 1. The van der Waals surface area contributed by atoms with Crippen LogP contribution >= 0.6 is 0 Å². The van der Waals surface area contributed by atoms with Gasteiger partial charge < -0.3 is 10.1 Å². The third-order valence-corrected chi connectivity index (χ3v) is 3.56. The van der Waals surface area contributed by atoms with E-state index in [1.54, 1.807) is 0 Å².